The van der Waals surface area contributed by atoms with Crippen molar-refractivity contribution in [3.8, 4) is 0 Å². The normalized spacial score (nSPS) is 18.2. The lowest BCUT2D eigenvalue weighted by Gasteiger charge is -2.41. The molecule has 0 bridgehead atoms. The van der Waals surface area contributed by atoms with E-state index in [0.717, 1.165) is 30.0 Å². The first-order chi connectivity index (χ1) is 30.0. The second-order valence-electron chi connectivity index (χ2n) is 18.3. The molecule has 3 N–H and O–H groups in total. The molecule has 0 unspecified atom stereocenters. The number of amides is 4. The lowest BCUT2D eigenvalue weighted by atomic mass is 9.89. The van der Waals surface area contributed by atoms with Gasteiger partial charge in [0.05, 0.1) is 61.9 Å². The van der Waals surface area contributed by atoms with Crippen molar-refractivity contribution in [2.75, 3.05) is 61.2 Å². The summed E-state index contributed by atoms with van der Waals surface area (Å²) in [4.78, 5) is 67.0. The molecule has 15 heteroatoms. The summed E-state index contributed by atoms with van der Waals surface area (Å²) in [5.74, 6) is -1.54. The Kier molecular flexibility index (Phi) is 23.2. The summed E-state index contributed by atoms with van der Waals surface area (Å²) in [6.07, 6.45) is 3.40. The Labute approximate surface area is 382 Å². The van der Waals surface area contributed by atoms with Gasteiger partial charge in [-0.05, 0) is 49.6 Å². The highest BCUT2D eigenvalue weighted by atomic mass is 32.1. The Morgan fingerprint density at radius 2 is 1.62 bits per heavy atom. The van der Waals surface area contributed by atoms with Crippen LogP contribution in [0.25, 0.3) is 0 Å². The lowest BCUT2D eigenvalue weighted by Crippen LogP contribution is -2.60. The van der Waals surface area contributed by atoms with Crippen LogP contribution in [-0.4, -0.2) is 147 Å². The highest BCUT2D eigenvalue weighted by Gasteiger charge is 2.43. The summed E-state index contributed by atoms with van der Waals surface area (Å²) in [5.41, 5.74) is 1.09. The molecule has 0 aliphatic carbocycles. The second-order valence-corrected chi connectivity index (χ2v) is 19.3. The second kappa shape index (κ2) is 27.1. The van der Waals surface area contributed by atoms with Crippen LogP contribution >= 0.6 is 11.3 Å². The highest BCUT2D eigenvalue weighted by molar-refractivity contribution is 7.09. The molecular formula is C48H81N7O7S. The zero-order chi connectivity index (χ0) is 46.8. The van der Waals surface area contributed by atoms with E-state index >= 15 is 0 Å². The lowest BCUT2D eigenvalue weighted by molar-refractivity contribution is -0.148. The van der Waals surface area contributed by atoms with Crippen LogP contribution in [-0.2, 0) is 39.8 Å². The number of methoxy groups -OCH3 is 2. The number of ether oxygens (including phenoxy) is 3. The molecular weight excluding hydrogens is 819 g/mol. The van der Waals surface area contributed by atoms with Gasteiger partial charge in [0.15, 0.2) is 0 Å². The first-order valence-corrected chi connectivity index (χ1v) is 24.0. The molecule has 0 saturated carbocycles. The van der Waals surface area contributed by atoms with Crippen LogP contribution in [0.3, 0.4) is 0 Å². The molecule has 1 saturated heterocycles. The fourth-order valence-electron chi connectivity index (χ4n) is 8.92. The molecule has 1 aromatic heterocycles. The predicted molar refractivity (Wildman–Crippen MR) is 251 cm³/mol. The van der Waals surface area contributed by atoms with E-state index < -0.39 is 36.3 Å². The zero-order valence-corrected chi connectivity index (χ0v) is 41.4. The topological polar surface area (TPSA) is 155 Å². The van der Waals surface area contributed by atoms with Gasteiger partial charge in [0.1, 0.15) is 11.0 Å². The van der Waals surface area contributed by atoms with Gasteiger partial charge < -0.3 is 40.0 Å². The molecule has 1 aliphatic rings. The van der Waals surface area contributed by atoms with Crippen LogP contribution in [0.15, 0.2) is 41.9 Å². The summed E-state index contributed by atoms with van der Waals surface area (Å²) in [6.45, 7) is 21.0. The summed E-state index contributed by atoms with van der Waals surface area (Å²) in [6, 6.07) is 8.05. The van der Waals surface area contributed by atoms with Crippen molar-refractivity contribution in [1.29, 1.82) is 0 Å². The van der Waals surface area contributed by atoms with Crippen molar-refractivity contribution in [2.24, 2.45) is 23.7 Å². The largest absolute Gasteiger partial charge is 0.379 e. The molecule has 4 amide bonds. The Morgan fingerprint density at radius 1 is 0.921 bits per heavy atom. The maximum atomic E-state index is 14.6. The molecule has 2 aromatic rings. The zero-order valence-electron chi connectivity index (χ0n) is 40.6. The highest BCUT2D eigenvalue weighted by Crippen LogP contribution is 2.30. The van der Waals surface area contributed by atoms with Crippen LogP contribution in [0.4, 0.5) is 0 Å². The smallest absolute Gasteiger partial charge is 0.245 e. The van der Waals surface area contributed by atoms with Crippen LogP contribution in [0.2, 0.25) is 0 Å². The van der Waals surface area contributed by atoms with E-state index in [1.54, 1.807) is 32.4 Å². The molecule has 14 nitrogen and oxygen atoms in total. The van der Waals surface area contributed by atoms with Gasteiger partial charge in [-0.15, -0.1) is 11.3 Å². The number of hydrogen-bond donors (Lipinski definition) is 3. The number of benzene rings is 1. The number of nitrogens with one attached hydrogen (secondary N) is 3. The molecule has 9 atom stereocenters. The van der Waals surface area contributed by atoms with Gasteiger partial charge in [0, 0.05) is 58.5 Å². The van der Waals surface area contributed by atoms with Crippen LogP contribution in [0.1, 0.15) is 105 Å². The molecule has 356 valence electrons. The number of rotatable bonds is 28. The molecule has 0 spiro atoms. The number of nitrogens with zero attached hydrogens (tertiary/aromatic N) is 4. The van der Waals surface area contributed by atoms with Crippen molar-refractivity contribution in [2.45, 2.75) is 143 Å². The first kappa shape index (κ1) is 53.9. The van der Waals surface area contributed by atoms with Crippen molar-refractivity contribution < 1.29 is 33.4 Å². The minimum Gasteiger partial charge on any atom is -0.379 e. The number of aromatic nitrogens is 1. The Morgan fingerprint density at radius 3 is 2.19 bits per heavy atom. The number of carbonyl (C=O) groups excluding carboxylic acids is 4. The van der Waals surface area contributed by atoms with Gasteiger partial charge in [-0.25, -0.2) is 4.98 Å². The monoisotopic (exact) mass is 900 g/mol. The fraction of sp³-hybridized carbons (Fsp3) is 0.729. The first-order valence-electron chi connectivity index (χ1n) is 23.1. The standard InChI is InChI=1S/C48H81N7O7S/c1-14-34(8)43(54(11)48(59)41(31(2)3)52-46(58)42(32(4)5)53(10)25-27-62-26-22-49-33(6)7)39(60-12)30-40(56)55-24-18-21-38(55)44(61-13)35(9)45(57)51-37(47-50-23-28-63-47)29-36-19-16-15-17-20-36/h15-17,19-20,23,28,31-35,37-39,41-44,49H,14,18,21-22,24-27,29-30H2,1-13H3,(H,51,57)(H,52,58)/t34-,35+,37-,38-,39+,41-,42-,43-,44+/m0/s1. The minimum atomic E-state index is -0.795. The molecule has 1 aromatic carbocycles. The maximum Gasteiger partial charge on any atom is 0.245 e. The summed E-state index contributed by atoms with van der Waals surface area (Å²) < 4.78 is 18.0. The van der Waals surface area contributed by atoms with E-state index in [2.05, 4.69) is 48.6 Å². The minimum absolute atomic E-state index is 0.0143. The third-order valence-electron chi connectivity index (χ3n) is 12.6. The third kappa shape index (κ3) is 15.9. The summed E-state index contributed by atoms with van der Waals surface area (Å²) >= 11 is 1.51. The van der Waals surface area contributed by atoms with E-state index in [4.69, 9.17) is 14.2 Å². The van der Waals surface area contributed by atoms with Gasteiger partial charge in [-0.1, -0.05) is 99.1 Å². The van der Waals surface area contributed by atoms with Crippen LogP contribution < -0.4 is 16.0 Å². The molecule has 0 radical (unpaired) electrons. The van der Waals surface area contributed by atoms with Gasteiger partial charge >= 0.3 is 0 Å². The quantitative estimate of drug-likeness (QED) is 0.0924. The van der Waals surface area contributed by atoms with Crippen molar-refractivity contribution >= 4 is 35.0 Å². The van der Waals surface area contributed by atoms with Crippen LogP contribution in [0, 0.1) is 23.7 Å². The van der Waals surface area contributed by atoms with E-state index in [1.807, 2.05) is 87.2 Å². The Hall–Kier alpha value is -3.47. The number of likely N-dealkylation sites (N-methyl/N-ethyl adjacent to an activating group) is 2. The maximum absolute atomic E-state index is 14.6. The number of thiazole rings is 1. The number of likely N-dealkylation sites (tertiary alicyclic amines) is 1. The van der Waals surface area contributed by atoms with Crippen LogP contribution in [0.5, 0.6) is 0 Å². The number of carbonyl (C=O) groups is 4. The molecule has 2 heterocycles. The molecule has 63 heavy (non-hydrogen) atoms. The predicted octanol–water partition coefficient (Wildman–Crippen LogP) is 5.58. The van der Waals surface area contributed by atoms with Crippen molar-refractivity contribution in [3.05, 3.63) is 52.5 Å². The SMILES string of the molecule is CC[C@H](C)[C@@H]([C@@H](CC(=O)N1CCC[C@H]1[C@H](OC)[C@@H](C)C(=O)N[C@@H](Cc1ccccc1)c1nccs1)OC)N(C)C(=O)[C@@H](NC(=O)[C@H](C(C)C)N(C)CCOCCNC(C)C)C(C)C. The van der Waals surface area contributed by atoms with Gasteiger partial charge in [0.25, 0.3) is 0 Å². The Balaban J connectivity index is 1.74. The van der Waals surface area contributed by atoms with Crippen molar-refractivity contribution in [3.63, 3.8) is 0 Å². The average Bonchev–Trinajstić information content (AvgIpc) is 3.97. The van der Waals surface area contributed by atoms with E-state index in [1.165, 1.54) is 11.3 Å². The van der Waals surface area contributed by atoms with E-state index in [0.29, 0.717) is 45.2 Å². The van der Waals surface area contributed by atoms with E-state index in [-0.39, 0.29) is 59.9 Å². The van der Waals surface area contributed by atoms with Gasteiger partial charge in [0.2, 0.25) is 23.6 Å². The molecule has 1 aliphatic heterocycles. The van der Waals surface area contributed by atoms with Crippen molar-refractivity contribution in [1.82, 2.24) is 35.6 Å². The summed E-state index contributed by atoms with van der Waals surface area (Å²) in [7, 11) is 6.86. The molecule has 3 rings (SSSR count). The molecule has 1 fully saturated rings. The summed E-state index contributed by atoms with van der Waals surface area (Å²) in [5, 5.41) is 12.4. The number of hydrogen-bond acceptors (Lipinski definition) is 11. The fourth-order valence-corrected chi connectivity index (χ4v) is 9.61. The van der Waals surface area contributed by atoms with Gasteiger partial charge in [-0.2, -0.15) is 0 Å². The van der Waals surface area contributed by atoms with Gasteiger partial charge in [-0.3, -0.25) is 24.1 Å². The average molecular weight is 900 g/mol. The third-order valence-corrected chi connectivity index (χ3v) is 13.5. The van der Waals surface area contributed by atoms with E-state index in [9.17, 15) is 19.2 Å². The Bertz CT molecular complexity index is 1650.